The summed E-state index contributed by atoms with van der Waals surface area (Å²) in [5.74, 6) is 0.542. The third kappa shape index (κ3) is 3.76. The molecule has 0 aromatic heterocycles. The minimum absolute atomic E-state index is 0.197. The average Bonchev–Trinajstić information content (AvgIpc) is 3.02. The zero-order chi connectivity index (χ0) is 19.4. The van der Waals surface area contributed by atoms with E-state index in [0.717, 1.165) is 5.01 Å². The van der Waals surface area contributed by atoms with Crippen molar-refractivity contribution < 1.29 is 19.4 Å². The first-order valence-corrected chi connectivity index (χ1v) is 8.33. The Bertz CT molecular complexity index is 918. The summed E-state index contributed by atoms with van der Waals surface area (Å²) in [4.78, 5) is 12.7. The van der Waals surface area contributed by atoms with Crippen LogP contribution >= 0.6 is 0 Å². The average molecular weight is 365 g/mol. The molecular weight excluding hydrogens is 346 g/mol. The van der Waals surface area contributed by atoms with Crippen molar-refractivity contribution in [1.82, 2.24) is 5.01 Å². The molecule has 0 saturated heterocycles. The van der Waals surface area contributed by atoms with Crippen LogP contribution in [0.5, 0.6) is 11.5 Å². The van der Waals surface area contributed by atoms with E-state index in [0.29, 0.717) is 28.3 Å². The van der Waals surface area contributed by atoms with E-state index in [-0.39, 0.29) is 13.0 Å². The van der Waals surface area contributed by atoms with Gasteiger partial charge in [-0.3, -0.25) is 4.79 Å². The number of nitrogens with zero attached hydrogens (tertiary/aromatic N) is 3. The van der Waals surface area contributed by atoms with Crippen LogP contribution in [-0.4, -0.2) is 35.5 Å². The second-order valence-corrected chi connectivity index (χ2v) is 6.19. The molecule has 7 nitrogen and oxygen atoms in total. The van der Waals surface area contributed by atoms with E-state index in [9.17, 15) is 9.90 Å². The van der Waals surface area contributed by atoms with Gasteiger partial charge in [0.05, 0.1) is 18.7 Å². The quantitative estimate of drug-likeness (QED) is 0.878. The van der Waals surface area contributed by atoms with Gasteiger partial charge < -0.3 is 14.6 Å². The monoisotopic (exact) mass is 365 g/mol. The van der Waals surface area contributed by atoms with E-state index in [1.54, 1.807) is 55.5 Å². The van der Waals surface area contributed by atoms with Crippen LogP contribution in [0.25, 0.3) is 0 Å². The van der Waals surface area contributed by atoms with E-state index < -0.39 is 11.6 Å². The minimum Gasteiger partial charge on any atom is -0.497 e. The third-order valence-electron chi connectivity index (χ3n) is 4.24. The molecule has 1 heterocycles. The van der Waals surface area contributed by atoms with Crippen molar-refractivity contribution in [3.05, 3.63) is 59.7 Å². The highest BCUT2D eigenvalue weighted by Crippen LogP contribution is 2.36. The molecule has 0 bridgehead atoms. The van der Waals surface area contributed by atoms with Gasteiger partial charge in [-0.25, -0.2) is 0 Å². The minimum atomic E-state index is -1.59. The number of hydrazone groups is 1. The van der Waals surface area contributed by atoms with Crippen molar-refractivity contribution in [2.45, 2.75) is 19.1 Å². The Hall–Kier alpha value is -3.37. The Labute approximate surface area is 157 Å². The van der Waals surface area contributed by atoms with Gasteiger partial charge in [0, 0.05) is 17.7 Å². The predicted molar refractivity (Wildman–Crippen MR) is 98.1 cm³/mol. The Morgan fingerprint density at radius 2 is 2.04 bits per heavy atom. The first kappa shape index (κ1) is 18.4. The summed E-state index contributed by atoms with van der Waals surface area (Å²) in [5, 5.41) is 25.3. The van der Waals surface area contributed by atoms with E-state index in [4.69, 9.17) is 14.7 Å². The Kier molecular flexibility index (Phi) is 5.10. The van der Waals surface area contributed by atoms with Crippen LogP contribution in [0.1, 0.15) is 24.5 Å². The number of hydrogen-bond acceptors (Lipinski definition) is 6. The number of amides is 1. The van der Waals surface area contributed by atoms with E-state index in [2.05, 4.69) is 5.10 Å². The van der Waals surface area contributed by atoms with Crippen LogP contribution in [0, 0.1) is 11.3 Å². The van der Waals surface area contributed by atoms with E-state index >= 15 is 0 Å². The van der Waals surface area contributed by atoms with Gasteiger partial charge in [-0.05, 0) is 43.3 Å². The molecule has 1 aliphatic heterocycles. The molecule has 7 heteroatoms. The number of carbonyl (C=O) groups is 1. The second-order valence-electron chi connectivity index (χ2n) is 6.19. The fourth-order valence-electron chi connectivity index (χ4n) is 2.91. The summed E-state index contributed by atoms with van der Waals surface area (Å²) in [6.45, 7) is 1.45. The van der Waals surface area contributed by atoms with Crippen molar-refractivity contribution in [2.24, 2.45) is 5.10 Å². The fourth-order valence-corrected chi connectivity index (χ4v) is 2.91. The van der Waals surface area contributed by atoms with Gasteiger partial charge in [-0.15, -0.1) is 0 Å². The molecule has 0 spiro atoms. The van der Waals surface area contributed by atoms with Crippen molar-refractivity contribution >= 4 is 11.6 Å². The molecule has 2 aromatic rings. The number of hydrogen-bond donors (Lipinski definition) is 1. The topological polar surface area (TPSA) is 95.2 Å². The second kappa shape index (κ2) is 7.48. The van der Waals surface area contributed by atoms with Crippen molar-refractivity contribution in [1.29, 1.82) is 5.26 Å². The van der Waals surface area contributed by atoms with Crippen molar-refractivity contribution in [3.8, 4) is 17.6 Å². The SMILES string of the molecule is COc1cccc([C@@]2(O)CC(C)=NN2C(=O)COc2ccc(C#N)cc2)c1. The maximum atomic E-state index is 12.7. The lowest BCUT2D eigenvalue weighted by molar-refractivity contribution is -0.159. The smallest absolute Gasteiger partial charge is 0.283 e. The van der Waals surface area contributed by atoms with E-state index in [1.807, 2.05) is 6.07 Å². The molecule has 3 rings (SSSR count). The first-order chi connectivity index (χ1) is 13.0. The number of methoxy groups -OCH3 is 1. The molecule has 0 saturated carbocycles. The highest BCUT2D eigenvalue weighted by Gasteiger charge is 2.45. The van der Waals surface area contributed by atoms with Crippen LogP contribution in [0.2, 0.25) is 0 Å². The molecule has 0 radical (unpaired) electrons. The standard InChI is InChI=1S/C20H19N3O4/c1-14-11-20(25,16-4-3-5-18(10-16)26-2)23(22-14)19(24)13-27-17-8-6-15(12-21)7-9-17/h3-10,25H,11,13H2,1-2H3/t20-/m0/s1. The number of benzene rings is 2. The lowest BCUT2D eigenvalue weighted by Gasteiger charge is -2.31. The van der Waals surface area contributed by atoms with Crippen molar-refractivity contribution in [3.63, 3.8) is 0 Å². The summed E-state index contributed by atoms with van der Waals surface area (Å²) in [5.41, 5.74) is 0.0473. The largest absolute Gasteiger partial charge is 0.497 e. The van der Waals surface area contributed by atoms with Gasteiger partial charge in [-0.2, -0.15) is 15.4 Å². The normalized spacial score (nSPS) is 18.6. The molecule has 1 aliphatic rings. The number of rotatable bonds is 5. The van der Waals surface area contributed by atoms with Crippen LogP contribution < -0.4 is 9.47 Å². The third-order valence-corrected chi connectivity index (χ3v) is 4.24. The highest BCUT2D eigenvalue weighted by molar-refractivity contribution is 5.89. The zero-order valence-corrected chi connectivity index (χ0v) is 15.0. The summed E-state index contributed by atoms with van der Waals surface area (Å²) < 4.78 is 10.7. The molecule has 0 fully saturated rings. The van der Waals surface area contributed by atoms with Crippen LogP contribution in [-0.2, 0) is 10.5 Å². The first-order valence-electron chi connectivity index (χ1n) is 8.33. The summed E-state index contributed by atoms with van der Waals surface area (Å²) in [7, 11) is 1.54. The van der Waals surface area contributed by atoms with Crippen LogP contribution in [0.4, 0.5) is 0 Å². The van der Waals surface area contributed by atoms with Gasteiger partial charge in [0.15, 0.2) is 12.3 Å². The molecule has 1 atom stereocenters. The molecule has 1 amide bonds. The molecule has 138 valence electrons. The summed E-state index contributed by atoms with van der Waals surface area (Å²) >= 11 is 0. The molecule has 0 unspecified atom stereocenters. The molecular formula is C20H19N3O4. The number of aliphatic hydroxyl groups is 1. The van der Waals surface area contributed by atoms with Gasteiger partial charge in [0.1, 0.15) is 11.5 Å². The predicted octanol–water partition coefficient (Wildman–Crippen LogP) is 2.40. The molecule has 1 N–H and O–H groups in total. The zero-order valence-electron chi connectivity index (χ0n) is 15.0. The molecule has 27 heavy (non-hydrogen) atoms. The van der Waals surface area contributed by atoms with Gasteiger partial charge >= 0.3 is 0 Å². The highest BCUT2D eigenvalue weighted by atomic mass is 16.5. The van der Waals surface area contributed by atoms with E-state index in [1.165, 1.54) is 7.11 Å². The van der Waals surface area contributed by atoms with Gasteiger partial charge in [-0.1, -0.05) is 12.1 Å². The Morgan fingerprint density at radius 1 is 1.30 bits per heavy atom. The Balaban J connectivity index is 1.77. The van der Waals surface area contributed by atoms with Crippen LogP contribution in [0.15, 0.2) is 53.6 Å². The number of ether oxygens (including phenoxy) is 2. The lowest BCUT2D eigenvalue weighted by Crippen LogP contribution is -2.45. The van der Waals surface area contributed by atoms with Gasteiger partial charge in [0.25, 0.3) is 5.91 Å². The maximum absolute atomic E-state index is 12.7. The molecule has 0 aliphatic carbocycles. The summed E-state index contributed by atoms with van der Waals surface area (Å²) in [6, 6.07) is 15.3. The fraction of sp³-hybridized carbons (Fsp3) is 0.250. The number of nitriles is 1. The Morgan fingerprint density at radius 3 is 2.70 bits per heavy atom. The molecule has 2 aromatic carbocycles. The summed E-state index contributed by atoms with van der Waals surface area (Å²) in [6.07, 6.45) is 0.197. The van der Waals surface area contributed by atoms with Crippen molar-refractivity contribution in [2.75, 3.05) is 13.7 Å². The maximum Gasteiger partial charge on any atom is 0.283 e. The van der Waals surface area contributed by atoms with Gasteiger partial charge in [0.2, 0.25) is 0 Å². The number of carbonyl (C=O) groups excluding carboxylic acids is 1. The lowest BCUT2D eigenvalue weighted by atomic mass is 9.97. The van der Waals surface area contributed by atoms with Crippen LogP contribution in [0.3, 0.4) is 0 Å².